The van der Waals surface area contributed by atoms with Crippen LogP contribution in [-0.4, -0.2) is 12.1 Å². The van der Waals surface area contributed by atoms with Crippen LogP contribution in [-0.2, 0) is 0 Å². The summed E-state index contributed by atoms with van der Waals surface area (Å²) in [6, 6.07) is 25.2. The first-order valence-corrected chi connectivity index (χ1v) is 9.39. The van der Waals surface area contributed by atoms with E-state index in [2.05, 4.69) is 72.1 Å². The number of methoxy groups -OCH3 is 1. The molecule has 0 amide bonds. The Kier molecular flexibility index (Phi) is 4.55. The maximum atomic E-state index is 5.44. The fourth-order valence-electron chi connectivity index (χ4n) is 2.98. The van der Waals surface area contributed by atoms with Crippen molar-refractivity contribution in [3.63, 3.8) is 0 Å². The van der Waals surface area contributed by atoms with Gasteiger partial charge in [0.2, 0.25) is 0 Å². The molecule has 3 heteroatoms. The van der Waals surface area contributed by atoms with Gasteiger partial charge < -0.3 is 4.74 Å². The van der Waals surface area contributed by atoms with Crippen LogP contribution < -0.4 is 4.74 Å². The summed E-state index contributed by atoms with van der Waals surface area (Å²) in [4.78, 5) is 4.85. The third-order valence-electron chi connectivity index (χ3n) is 4.42. The molecular weight excluding hydrogens is 338 g/mol. The lowest BCUT2D eigenvalue weighted by Gasteiger charge is -2.06. The van der Waals surface area contributed by atoms with Crippen LogP contribution in [0, 0.1) is 6.92 Å². The molecule has 0 saturated heterocycles. The number of rotatable bonds is 4. The molecule has 0 N–H and O–H groups in total. The molecule has 4 rings (SSSR count). The number of ether oxygens (including phenoxy) is 1. The summed E-state index contributed by atoms with van der Waals surface area (Å²) < 4.78 is 5.44. The van der Waals surface area contributed by atoms with E-state index in [1.54, 1.807) is 18.4 Å². The molecule has 2 nitrogen and oxygen atoms in total. The van der Waals surface area contributed by atoms with Crippen LogP contribution in [0.15, 0.2) is 78.2 Å². The Morgan fingerprint density at radius 1 is 0.769 bits per heavy atom. The maximum absolute atomic E-state index is 5.44. The molecule has 0 fully saturated rings. The molecule has 0 saturated carbocycles. The van der Waals surface area contributed by atoms with Crippen LogP contribution in [0.5, 0.6) is 5.75 Å². The molecule has 3 aromatic carbocycles. The second kappa shape index (κ2) is 7.14. The third kappa shape index (κ3) is 3.26. The molecule has 0 aliphatic carbocycles. The smallest absolute Gasteiger partial charge is 0.124 e. The first-order valence-electron chi connectivity index (χ1n) is 8.51. The van der Waals surface area contributed by atoms with E-state index >= 15 is 0 Å². The van der Waals surface area contributed by atoms with E-state index in [0.717, 1.165) is 33.1 Å². The average molecular weight is 357 g/mol. The molecule has 4 aromatic rings. The minimum absolute atomic E-state index is 0.894. The normalized spacial score (nSPS) is 10.7. The standard InChI is InChI=1S/C23H19NOS/c1-16-11-12-20(14-22(16)25-2)23-24-21(15-26-23)19-10-6-9-18(13-19)17-7-4-3-5-8-17/h3-15H,1-2H3. The highest BCUT2D eigenvalue weighted by molar-refractivity contribution is 7.13. The molecule has 0 aliphatic heterocycles. The number of thiazole rings is 1. The number of hydrogen-bond donors (Lipinski definition) is 0. The molecule has 0 aliphatic rings. The molecule has 0 bridgehead atoms. The van der Waals surface area contributed by atoms with Crippen molar-refractivity contribution < 1.29 is 4.74 Å². The van der Waals surface area contributed by atoms with Crippen LogP contribution in [0.4, 0.5) is 0 Å². The van der Waals surface area contributed by atoms with Gasteiger partial charge >= 0.3 is 0 Å². The molecule has 26 heavy (non-hydrogen) atoms. The summed E-state index contributed by atoms with van der Waals surface area (Å²) >= 11 is 1.66. The fraction of sp³-hybridized carbons (Fsp3) is 0.0870. The van der Waals surface area contributed by atoms with E-state index in [1.165, 1.54) is 11.1 Å². The number of aryl methyl sites for hydroxylation is 1. The van der Waals surface area contributed by atoms with Gasteiger partial charge in [0.15, 0.2) is 0 Å². The second-order valence-corrected chi connectivity index (χ2v) is 7.03. The molecule has 1 heterocycles. The molecular formula is C23H19NOS. The van der Waals surface area contributed by atoms with E-state index in [4.69, 9.17) is 9.72 Å². The fourth-order valence-corrected chi connectivity index (χ4v) is 3.81. The van der Waals surface area contributed by atoms with Crippen molar-refractivity contribution in [2.75, 3.05) is 7.11 Å². The van der Waals surface area contributed by atoms with E-state index < -0.39 is 0 Å². The van der Waals surface area contributed by atoms with Crippen LogP contribution >= 0.6 is 11.3 Å². The van der Waals surface area contributed by atoms with Crippen molar-refractivity contribution in [3.8, 4) is 38.7 Å². The molecule has 128 valence electrons. The average Bonchev–Trinajstić information content (AvgIpc) is 3.19. The van der Waals surface area contributed by atoms with E-state index in [9.17, 15) is 0 Å². The number of nitrogens with zero attached hydrogens (tertiary/aromatic N) is 1. The topological polar surface area (TPSA) is 22.1 Å². The van der Waals surface area contributed by atoms with Gasteiger partial charge in [-0.3, -0.25) is 0 Å². The zero-order chi connectivity index (χ0) is 17.9. The number of aromatic nitrogens is 1. The molecule has 0 radical (unpaired) electrons. The van der Waals surface area contributed by atoms with Gasteiger partial charge in [-0.2, -0.15) is 0 Å². The van der Waals surface area contributed by atoms with Crippen molar-refractivity contribution >= 4 is 11.3 Å². The third-order valence-corrected chi connectivity index (χ3v) is 5.32. The minimum Gasteiger partial charge on any atom is -0.496 e. The summed E-state index contributed by atoms with van der Waals surface area (Å²) in [5, 5.41) is 3.12. The quantitative estimate of drug-likeness (QED) is 0.418. The summed E-state index contributed by atoms with van der Waals surface area (Å²) in [6.45, 7) is 2.05. The number of benzene rings is 3. The van der Waals surface area contributed by atoms with Gasteiger partial charge in [-0.1, -0.05) is 60.7 Å². The lowest BCUT2D eigenvalue weighted by molar-refractivity contribution is 0.412. The molecule has 1 aromatic heterocycles. The Bertz CT molecular complexity index is 1040. The summed E-state index contributed by atoms with van der Waals surface area (Å²) in [6.07, 6.45) is 0. The lowest BCUT2D eigenvalue weighted by Crippen LogP contribution is -1.88. The van der Waals surface area contributed by atoms with Gasteiger partial charge in [-0.05, 0) is 35.7 Å². The van der Waals surface area contributed by atoms with E-state index in [0.29, 0.717) is 0 Å². The zero-order valence-corrected chi connectivity index (χ0v) is 15.6. The molecule has 0 atom stereocenters. The highest BCUT2D eigenvalue weighted by atomic mass is 32.1. The molecule has 0 spiro atoms. The predicted octanol–water partition coefficient (Wildman–Crippen LogP) is 6.46. The largest absolute Gasteiger partial charge is 0.496 e. The predicted molar refractivity (Wildman–Crippen MR) is 110 cm³/mol. The summed E-state index contributed by atoms with van der Waals surface area (Å²) in [5.41, 5.74) is 6.77. The SMILES string of the molecule is COc1cc(-c2nc(-c3cccc(-c4ccccc4)c3)cs2)ccc1C. The van der Waals surface area contributed by atoms with Crippen LogP contribution in [0.1, 0.15) is 5.56 Å². The Hall–Kier alpha value is -2.91. The van der Waals surface area contributed by atoms with Gasteiger partial charge in [-0.15, -0.1) is 11.3 Å². The van der Waals surface area contributed by atoms with E-state index in [-0.39, 0.29) is 0 Å². The highest BCUT2D eigenvalue weighted by Gasteiger charge is 2.09. The number of hydrogen-bond acceptors (Lipinski definition) is 3. The van der Waals surface area contributed by atoms with Gasteiger partial charge in [0, 0.05) is 16.5 Å². The van der Waals surface area contributed by atoms with Gasteiger partial charge in [0.1, 0.15) is 10.8 Å². The summed E-state index contributed by atoms with van der Waals surface area (Å²) in [7, 11) is 1.70. The minimum atomic E-state index is 0.894. The Morgan fingerprint density at radius 3 is 2.35 bits per heavy atom. The van der Waals surface area contributed by atoms with Gasteiger partial charge in [0.25, 0.3) is 0 Å². The monoisotopic (exact) mass is 357 g/mol. The van der Waals surface area contributed by atoms with Crippen LogP contribution in [0.3, 0.4) is 0 Å². The second-order valence-electron chi connectivity index (χ2n) is 6.17. The van der Waals surface area contributed by atoms with Gasteiger partial charge in [-0.25, -0.2) is 4.98 Å². The van der Waals surface area contributed by atoms with Crippen molar-refractivity contribution in [1.29, 1.82) is 0 Å². The van der Waals surface area contributed by atoms with Gasteiger partial charge in [0.05, 0.1) is 12.8 Å². The van der Waals surface area contributed by atoms with Crippen LogP contribution in [0.25, 0.3) is 33.0 Å². The lowest BCUT2D eigenvalue weighted by atomic mass is 10.0. The summed E-state index contributed by atoms with van der Waals surface area (Å²) in [5.74, 6) is 0.894. The zero-order valence-electron chi connectivity index (χ0n) is 14.8. The Labute approximate surface area is 157 Å². The van der Waals surface area contributed by atoms with Crippen molar-refractivity contribution in [1.82, 2.24) is 4.98 Å². The van der Waals surface area contributed by atoms with Crippen molar-refractivity contribution in [3.05, 3.63) is 83.7 Å². The van der Waals surface area contributed by atoms with Crippen molar-refractivity contribution in [2.45, 2.75) is 6.92 Å². The van der Waals surface area contributed by atoms with Crippen LogP contribution in [0.2, 0.25) is 0 Å². The Morgan fingerprint density at radius 2 is 1.54 bits per heavy atom. The first kappa shape index (κ1) is 16.6. The Balaban J connectivity index is 1.69. The molecule has 0 unspecified atom stereocenters. The van der Waals surface area contributed by atoms with E-state index in [1.807, 2.05) is 13.0 Å². The van der Waals surface area contributed by atoms with Crippen molar-refractivity contribution in [2.24, 2.45) is 0 Å². The highest BCUT2D eigenvalue weighted by Crippen LogP contribution is 2.33. The maximum Gasteiger partial charge on any atom is 0.124 e. The first-order chi connectivity index (χ1) is 12.7.